The minimum absolute atomic E-state index is 0.0166. The van der Waals surface area contributed by atoms with Gasteiger partial charge in [-0.3, -0.25) is 4.79 Å². The van der Waals surface area contributed by atoms with Crippen LogP contribution in [0.1, 0.15) is 29.8 Å². The highest BCUT2D eigenvalue weighted by Crippen LogP contribution is 2.25. The Morgan fingerprint density at radius 2 is 1.52 bits per heavy atom. The molecule has 1 aliphatic rings. The van der Waals surface area contributed by atoms with Gasteiger partial charge in [0.2, 0.25) is 0 Å². The summed E-state index contributed by atoms with van der Waals surface area (Å²) in [7, 11) is 0. The number of benzene rings is 2. The maximum Gasteiger partial charge on any atom is 0.405 e. The SMILES string of the molecule is CC(C)(OC(N)=O)c1ccc(C(=O)N2CCN(c3ccccc3)CC2)cc1. The average Bonchev–Trinajstić information content (AvgIpc) is 2.67. The van der Waals surface area contributed by atoms with Gasteiger partial charge in [-0.25, -0.2) is 4.79 Å². The Morgan fingerprint density at radius 3 is 2.07 bits per heavy atom. The van der Waals surface area contributed by atoms with E-state index >= 15 is 0 Å². The largest absolute Gasteiger partial charge is 0.439 e. The minimum atomic E-state index is -0.839. The lowest BCUT2D eigenvalue weighted by Gasteiger charge is -2.36. The van der Waals surface area contributed by atoms with Crippen molar-refractivity contribution in [1.82, 2.24) is 4.90 Å². The molecule has 0 spiro atoms. The fraction of sp³-hybridized carbons (Fsp3) is 0.333. The lowest BCUT2D eigenvalue weighted by molar-refractivity contribution is 0.0431. The first-order valence-corrected chi connectivity index (χ1v) is 9.05. The van der Waals surface area contributed by atoms with E-state index in [1.165, 1.54) is 5.69 Å². The number of nitrogens with two attached hydrogens (primary N) is 1. The number of hydrogen-bond donors (Lipinski definition) is 1. The number of carbonyl (C=O) groups is 2. The van der Waals surface area contributed by atoms with E-state index in [1.54, 1.807) is 38.1 Å². The Morgan fingerprint density at radius 1 is 0.926 bits per heavy atom. The normalized spacial score (nSPS) is 14.7. The number of primary amides is 1. The third kappa shape index (κ3) is 4.39. The minimum Gasteiger partial charge on any atom is -0.439 e. The van der Waals surface area contributed by atoms with Crippen LogP contribution in [0, 0.1) is 0 Å². The van der Waals surface area contributed by atoms with Gasteiger partial charge in [0.05, 0.1) is 0 Å². The molecule has 0 bridgehead atoms. The third-order valence-electron chi connectivity index (χ3n) is 4.87. The summed E-state index contributed by atoms with van der Waals surface area (Å²) in [6.07, 6.45) is -0.823. The lowest BCUT2D eigenvalue weighted by Crippen LogP contribution is -2.48. The van der Waals surface area contributed by atoms with E-state index in [0.29, 0.717) is 18.7 Å². The first-order chi connectivity index (χ1) is 12.9. The molecule has 1 saturated heterocycles. The van der Waals surface area contributed by atoms with Crippen LogP contribution >= 0.6 is 0 Å². The Labute approximate surface area is 159 Å². The van der Waals surface area contributed by atoms with Gasteiger partial charge in [0.25, 0.3) is 5.91 Å². The molecular formula is C21H25N3O3. The summed E-state index contributed by atoms with van der Waals surface area (Å²) < 4.78 is 5.13. The van der Waals surface area contributed by atoms with Gasteiger partial charge in [0.1, 0.15) is 5.60 Å². The summed E-state index contributed by atoms with van der Waals surface area (Å²) in [5, 5.41) is 0. The lowest BCUT2D eigenvalue weighted by atomic mass is 9.96. The molecule has 2 amide bonds. The molecule has 0 atom stereocenters. The van der Waals surface area contributed by atoms with Crippen LogP contribution < -0.4 is 10.6 Å². The predicted molar refractivity (Wildman–Crippen MR) is 105 cm³/mol. The van der Waals surface area contributed by atoms with Crippen molar-refractivity contribution >= 4 is 17.7 Å². The van der Waals surface area contributed by atoms with Crippen LogP contribution in [0.4, 0.5) is 10.5 Å². The monoisotopic (exact) mass is 367 g/mol. The average molecular weight is 367 g/mol. The van der Waals surface area contributed by atoms with Crippen LogP contribution in [0.25, 0.3) is 0 Å². The zero-order valence-corrected chi connectivity index (χ0v) is 15.7. The van der Waals surface area contributed by atoms with Gasteiger partial charge < -0.3 is 20.3 Å². The quantitative estimate of drug-likeness (QED) is 0.901. The summed E-state index contributed by atoms with van der Waals surface area (Å²) in [6, 6.07) is 17.4. The molecule has 1 aliphatic heterocycles. The maximum absolute atomic E-state index is 12.8. The van der Waals surface area contributed by atoms with Gasteiger partial charge in [0, 0.05) is 37.4 Å². The van der Waals surface area contributed by atoms with Crippen molar-refractivity contribution in [3.63, 3.8) is 0 Å². The molecule has 2 aromatic rings. The topological polar surface area (TPSA) is 75.9 Å². The van der Waals surface area contributed by atoms with Gasteiger partial charge >= 0.3 is 6.09 Å². The molecule has 0 radical (unpaired) electrons. The van der Waals surface area contributed by atoms with Gasteiger partial charge in [0.15, 0.2) is 0 Å². The smallest absolute Gasteiger partial charge is 0.405 e. The highest BCUT2D eigenvalue weighted by Gasteiger charge is 2.26. The van der Waals surface area contributed by atoms with E-state index in [0.717, 1.165) is 18.7 Å². The van der Waals surface area contributed by atoms with Gasteiger partial charge in [-0.05, 0) is 43.7 Å². The van der Waals surface area contributed by atoms with Crippen molar-refractivity contribution < 1.29 is 14.3 Å². The van der Waals surface area contributed by atoms with Crippen LogP contribution in [-0.2, 0) is 10.3 Å². The zero-order chi connectivity index (χ0) is 19.4. The van der Waals surface area contributed by atoms with Crippen molar-refractivity contribution in [2.45, 2.75) is 19.4 Å². The number of nitrogens with zero attached hydrogens (tertiary/aromatic N) is 2. The van der Waals surface area contributed by atoms with Crippen molar-refractivity contribution in [3.8, 4) is 0 Å². The van der Waals surface area contributed by atoms with Crippen molar-refractivity contribution in [1.29, 1.82) is 0 Å². The molecule has 3 rings (SSSR count). The van der Waals surface area contributed by atoms with E-state index in [9.17, 15) is 9.59 Å². The first kappa shape index (κ1) is 18.8. The Bertz CT molecular complexity index is 795. The molecule has 6 nitrogen and oxygen atoms in total. The van der Waals surface area contributed by atoms with E-state index in [2.05, 4.69) is 17.0 Å². The number of carbonyl (C=O) groups excluding carboxylic acids is 2. The molecule has 27 heavy (non-hydrogen) atoms. The molecule has 6 heteroatoms. The Balaban J connectivity index is 1.62. The molecule has 2 N–H and O–H groups in total. The number of piperazine rings is 1. The van der Waals surface area contributed by atoms with Crippen LogP contribution in [0.3, 0.4) is 0 Å². The van der Waals surface area contributed by atoms with Crippen molar-refractivity contribution in [3.05, 3.63) is 65.7 Å². The summed E-state index contributed by atoms with van der Waals surface area (Å²) in [5.74, 6) is 0.0166. The van der Waals surface area contributed by atoms with E-state index in [4.69, 9.17) is 10.5 Å². The number of rotatable bonds is 4. The van der Waals surface area contributed by atoms with E-state index in [-0.39, 0.29) is 5.91 Å². The summed E-state index contributed by atoms with van der Waals surface area (Å²) in [4.78, 5) is 28.0. The maximum atomic E-state index is 12.8. The molecular weight excluding hydrogens is 342 g/mol. The van der Waals surface area contributed by atoms with Gasteiger partial charge in [-0.15, -0.1) is 0 Å². The van der Waals surface area contributed by atoms with Crippen molar-refractivity contribution in [2.24, 2.45) is 5.73 Å². The summed E-state index contributed by atoms with van der Waals surface area (Å²) in [6.45, 7) is 6.52. The van der Waals surface area contributed by atoms with Crippen LogP contribution in [0.5, 0.6) is 0 Å². The van der Waals surface area contributed by atoms with Gasteiger partial charge in [-0.1, -0.05) is 30.3 Å². The van der Waals surface area contributed by atoms with E-state index in [1.807, 2.05) is 23.1 Å². The second-order valence-electron chi connectivity index (χ2n) is 7.12. The number of anilines is 1. The fourth-order valence-electron chi connectivity index (χ4n) is 3.31. The highest BCUT2D eigenvalue weighted by atomic mass is 16.6. The fourth-order valence-corrected chi connectivity index (χ4v) is 3.31. The standard InChI is InChI=1S/C21H25N3O3/c1-21(2,27-20(22)26)17-10-8-16(9-11-17)19(25)24-14-12-23(13-15-24)18-6-4-3-5-7-18/h3-11H,12-15H2,1-2H3,(H2,22,26). The van der Waals surface area contributed by atoms with Crippen LogP contribution in [0.15, 0.2) is 54.6 Å². The summed E-state index contributed by atoms with van der Waals surface area (Å²) >= 11 is 0. The van der Waals surface area contributed by atoms with Gasteiger partial charge in [-0.2, -0.15) is 0 Å². The zero-order valence-electron chi connectivity index (χ0n) is 15.7. The third-order valence-corrected chi connectivity index (χ3v) is 4.87. The number of hydrogen-bond acceptors (Lipinski definition) is 4. The molecule has 1 heterocycles. The molecule has 2 aromatic carbocycles. The molecule has 0 aliphatic carbocycles. The number of amides is 2. The Kier molecular flexibility index (Phi) is 5.35. The Hall–Kier alpha value is -3.02. The number of ether oxygens (including phenoxy) is 1. The second kappa shape index (κ2) is 7.70. The summed E-state index contributed by atoms with van der Waals surface area (Å²) in [5.41, 5.74) is 6.88. The molecule has 0 aromatic heterocycles. The van der Waals surface area contributed by atoms with Crippen LogP contribution in [0.2, 0.25) is 0 Å². The molecule has 0 unspecified atom stereocenters. The van der Waals surface area contributed by atoms with Crippen molar-refractivity contribution in [2.75, 3.05) is 31.1 Å². The second-order valence-corrected chi connectivity index (χ2v) is 7.12. The number of para-hydroxylation sites is 1. The predicted octanol–water partition coefficient (Wildman–Crippen LogP) is 2.98. The first-order valence-electron chi connectivity index (χ1n) is 9.05. The van der Waals surface area contributed by atoms with E-state index < -0.39 is 11.7 Å². The molecule has 142 valence electrons. The molecule has 1 fully saturated rings. The molecule has 0 saturated carbocycles. The highest BCUT2D eigenvalue weighted by molar-refractivity contribution is 5.94. The van der Waals surface area contributed by atoms with Crippen LogP contribution in [-0.4, -0.2) is 43.1 Å².